The van der Waals surface area contributed by atoms with Crippen LogP contribution in [0.2, 0.25) is 0 Å². The first kappa shape index (κ1) is 14.5. The van der Waals surface area contributed by atoms with Crippen LogP contribution in [-0.4, -0.2) is 43.0 Å². The summed E-state index contributed by atoms with van der Waals surface area (Å²) in [7, 11) is 3.27. The second kappa shape index (κ2) is 6.49. The third-order valence-corrected chi connectivity index (χ3v) is 3.16. The molecule has 6 nitrogen and oxygen atoms in total. The van der Waals surface area contributed by atoms with Crippen molar-refractivity contribution >= 4 is 17.1 Å². The van der Waals surface area contributed by atoms with E-state index in [1.165, 1.54) is 4.57 Å². The van der Waals surface area contributed by atoms with Gasteiger partial charge in [-0.25, -0.2) is 14.3 Å². The quantitative estimate of drug-likeness (QED) is 0.864. The Morgan fingerprint density at radius 2 is 1.95 bits per heavy atom. The van der Waals surface area contributed by atoms with Gasteiger partial charge in [0.2, 0.25) is 0 Å². The van der Waals surface area contributed by atoms with Crippen molar-refractivity contribution in [3.05, 3.63) is 29.6 Å². The normalized spacial score (nSPS) is 11.1. The van der Waals surface area contributed by atoms with Crippen molar-refractivity contribution in [2.24, 2.45) is 5.73 Å². The van der Waals surface area contributed by atoms with E-state index in [1.54, 1.807) is 14.2 Å². The molecule has 0 bridgehead atoms. The summed E-state index contributed by atoms with van der Waals surface area (Å²) in [5.41, 5.74) is 8.04. The lowest BCUT2D eigenvalue weighted by Gasteiger charge is -2.04. The zero-order valence-corrected chi connectivity index (χ0v) is 11.8. The standard InChI is InChI=1S/C14H19N3O3/c1-19-8-6-10-4-3-5-11-13(10)16-12(7-9-20-2)17(11)14(15)18/h3-5H,6-9H2,1-2H3,(H2,15,18). The maximum atomic E-state index is 11.7. The number of methoxy groups -OCH3 is 2. The van der Waals surface area contributed by atoms with E-state index >= 15 is 0 Å². The van der Waals surface area contributed by atoms with Gasteiger partial charge in [0, 0.05) is 20.6 Å². The van der Waals surface area contributed by atoms with Crippen molar-refractivity contribution in [1.82, 2.24) is 9.55 Å². The lowest BCUT2D eigenvalue weighted by atomic mass is 10.1. The Morgan fingerprint density at radius 3 is 2.60 bits per heavy atom. The Balaban J connectivity index is 2.51. The first-order valence-electron chi connectivity index (χ1n) is 6.46. The number of primary amides is 1. The molecule has 0 atom stereocenters. The number of para-hydroxylation sites is 1. The lowest BCUT2D eigenvalue weighted by Crippen LogP contribution is -2.22. The second-order valence-corrected chi connectivity index (χ2v) is 4.47. The Morgan fingerprint density at radius 1 is 1.25 bits per heavy atom. The minimum absolute atomic E-state index is 0.490. The van der Waals surface area contributed by atoms with Crippen LogP contribution in [0.3, 0.4) is 0 Å². The van der Waals surface area contributed by atoms with Gasteiger partial charge in [-0.15, -0.1) is 0 Å². The van der Waals surface area contributed by atoms with E-state index in [0.29, 0.717) is 25.5 Å². The summed E-state index contributed by atoms with van der Waals surface area (Å²) in [6.45, 7) is 1.10. The van der Waals surface area contributed by atoms with Crippen molar-refractivity contribution in [3.63, 3.8) is 0 Å². The molecule has 0 saturated carbocycles. The number of carbonyl (C=O) groups is 1. The third kappa shape index (κ3) is 2.81. The van der Waals surface area contributed by atoms with E-state index in [2.05, 4.69) is 4.98 Å². The van der Waals surface area contributed by atoms with Crippen LogP contribution in [0.25, 0.3) is 11.0 Å². The molecule has 1 aromatic carbocycles. The van der Waals surface area contributed by atoms with Gasteiger partial charge in [0.1, 0.15) is 5.82 Å². The van der Waals surface area contributed by atoms with Crippen molar-refractivity contribution in [2.75, 3.05) is 27.4 Å². The summed E-state index contributed by atoms with van der Waals surface area (Å²) < 4.78 is 11.6. The molecular formula is C14H19N3O3. The number of hydrogen-bond acceptors (Lipinski definition) is 4. The van der Waals surface area contributed by atoms with E-state index in [-0.39, 0.29) is 0 Å². The molecular weight excluding hydrogens is 258 g/mol. The topological polar surface area (TPSA) is 79.4 Å². The number of aromatic nitrogens is 2. The summed E-state index contributed by atoms with van der Waals surface area (Å²) in [4.78, 5) is 16.2. The van der Waals surface area contributed by atoms with Gasteiger partial charge in [0.15, 0.2) is 0 Å². The molecule has 108 valence electrons. The van der Waals surface area contributed by atoms with E-state index < -0.39 is 6.03 Å². The second-order valence-electron chi connectivity index (χ2n) is 4.47. The highest BCUT2D eigenvalue weighted by molar-refractivity contribution is 5.90. The van der Waals surface area contributed by atoms with E-state index in [0.717, 1.165) is 23.0 Å². The molecule has 0 radical (unpaired) electrons. The number of carbonyl (C=O) groups excluding carboxylic acids is 1. The fourth-order valence-electron chi connectivity index (χ4n) is 2.23. The third-order valence-electron chi connectivity index (χ3n) is 3.16. The smallest absolute Gasteiger partial charge is 0.324 e. The fraction of sp³-hybridized carbons (Fsp3) is 0.429. The molecule has 1 amide bonds. The summed E-state index contributed by atoms with van der Waals surface area (Å²) in [5.74, 6) is 0.624. The van der Waals surface area contributed by atoms with Crippen molar-refractivity contribution in [3.8, 4) is 0 Å². The first-order chi connectivity index (χ1) is 9.69. The molecule has 0 spiro atoms. The van der Waals surface area contributed by atoms with Gasteiger partial charge in [0.05, 0.1) is 24.2 Å². The van der Waals surface area contributed by atoms with Crippen LogP contribution in [0.15, 0.2) is 18.2 Å². The number of amides is 1. The lowest BCUT2D eigenvalue weighted by molar-refractivity contribution is 0.199. The van der Waals surface area contributed by atoms with Crippen LogP contribution in [0, 0.1) is 0 Å². The van der Waals surface area contributed by atoms with Gasteiger partial charge in [-0.3, -0.25) is 0 Å². The number of ether oxygens (including phenoxy) is 2. The van der Waals surface area contributed by atoms with Crippen LogP contribution >= 0.6 is 0 Å². The van der Waals surface area contributed by atoms with E-state index in [1.807, 2.05) is 18.2 Å². The van der Waals surface area contributed by atoms with Crippen LogP contribution in [0.4, 0.5) is 4.79 Å². The first-order valence-corrected chi connectivity index (χ1v) is 6.46. The number of nitrogens with zero attached hydrogens (tertiary/aromatic N) is 2. The Bertz CT molecular complexity index is 607. The van der Waals surface area contributed by atoms with Crippen molar-refractivity contribution in [1.29, 1.82) is 0 Å². The van der Waals surface area contributed by atoms with Gasteiger partial charge in [-0.1, -0.05) is 12.1 Å². The molecule has 0 fully saturated rings. The van der Waals surface area contributed by atoms with Gasteiger partial charge < -0.3 is 15.2 Å². The molecule has 6 heteroatoms. The Hall–Kier alpha value is -1.92. The number of rotatable bonds is 6. The largest absolute Gasteiger partial charge is 0.384 e. The van der Waals surface area contributed by atoms with Gasteiger partial charge in [-0.05, 0) is 18.1 Å². The summed E-state index contributed by atoms with van der Waals surface area (Å²) in [6, 6.07) is 5.20. The Labute approximate surface area is 117 Å². The van der Waals surface area contributed by atoms with Gasteiger partial charge in [0.25, 0.3) is 0 Å². The molecule has 1 aromatic heterocycles. The molecule has 2 N–H and O–H groups in total. The highest BCUT2D eigenvalue weighted by Gasteiger charge is 2.16. The maximum absolute atomic E-state index is 11.7. The number of hydrogen-bond donors (Lipinski definition) is 1. The SMILES string of the molecule is COCCc1cccc2c1nc(CCOC)n2C(N)=O. The molecule has 0 aliphatic heterocycles. The molecule has 0 aliphatic carbocycles. The molecule has 20 heavy (non-hydrogen) atoms. The number of nitrogens with two attached hydrogens (primary N) is 1. The monoisotopic (exact) mass is 277 g/mol. The highest BCUT2D eigenvalue weighted by Crippen LogP contribution is 2.21. The van der Waals surface area contributed by atoms with Crippen LogP contribution in [0.5, 0.6) is 0 Å². The predicted octanol–water partition coefficient (Wildman–Crippen LogP) is 1.34. The summed E-state index contributed by atoms with van der Waals surface area (Å²) in [6.07, 6.45) is 1.28. The highest BCUT2D eigenvalue weighted by atomic mass is 16.5. The molecule has 0 aliphatic rings. The Kier molecular flexibility index (Phi) is 4.70. The average Bonchev–Trinajstić information content (AvgIpc) is 2.81. The van der Waals surface area contributed by atoms with E-state index in [9.17, 15) is 4.79 Å². The predicted molar refractivity (Wildman–Crippen MR) is 75.9 cm³/mol. The summed E-state index contributed by atoms with van der Waals surface area (Å²) in [5, 5.41) is 0. The fourth-order valence-corrected chi connectivity index (χ4v) is 2.23. The van der Waals surface area contributed by atoms with Crippen LogP contribution in [0.1, 0.15) is 11.4 Å². The van der Waals surface area contributed by atoms with E-state index in [4.69, 9.17) is 15.2 Å². The number of benzene rings is 1. The zero-order chi connectivity index (χ0) is 14.5. The van der Waals surface area contributed by atoms with Gasteiger partial charge >= 0.3 is 6.03 Å². The minimum Gasteiger partial charge on any atom is -0.384 e. The molecule has 1 heterocycles. The number of fused-ring (bicyclic) bond motifs is 1. The van der Waals surface area contributed by atoms with Crippen LogP contribution < -0.4 is 5.73 Å². The summed E-state index contributed by atoms with van der Waals surface area (Å²) >= 11 is 0. The zero-order valence-electron chi connectivity index (χ0n) is 11.8. The van der Waals surface area contributed by atoms with Crippen LogP contribution in [-0.2, 0) is 22.3 Å². The molecule has 2 rings (SSSR count). The average molecular weight is 277 g/mol. The maximum Gasteiger partial charge on any atom is 0.324 e. The van der Waals surface area contributed by atoms with Gasteiger partial charge in [-0.2, -0.15) is 0 Å². The molecule has 0 unspecified atom stereocenters. The molecule has 2 aromatic rings. The van der Waals surface area contributed by atoms with Crippen molar-refractivity contribution in [2.45, 2.75) is 12.8 Å². The number of imidazole rings is 1. The minimum atomic E-state index is -0.525. The van der Waals surface area contributed by atoms with Crippen molar-refractivity contribution < 1.29 is 14.3 Å². The molecule has 0 saturated heterocycles.